The van der Waals surface area contributed by atoms with Crippen LogP contribution in [0.4, 0.5) is 39.9 Å². The predicted molar refractivity (Wildman–Crippen MR) is 349 cm³/mol. The van der Waals surface area contributed by atoms with E-state index < -0.39 is 63.3 Å². The maximum absolute atomic E-state index is 9.35. The molecule has 1 aromatic heterocycles. The molecular formula is C77H65N4OPtSi-3. The zero-order chi connectivity index (χ0) is 68.1. The molecule has 7 heteroatoms. The summed E-state index contributed by atoms with van der Waals surface area (Å²) in [5.74, 6) is 0.806. The van der Waals surface area contributed by atoms with Gasteiger partial charge in [0.15, 0.2) is 0 Å². The molecule has 84 heavy (non-hydrogen) atoms. The third kappa shape index (κ3) is 9.14. The topological polar surface area (TPSA) is 31.8 Å². The first-order chi connectivity index (χ1) is 45.5. The molecule has 0 atom stereocenters. The normalized spacial score (nSPS) is 16.0. The third-order valence-corrected chi connectivity index (χ3v) is 21.2. The molecule has 0 unspecified atom stereocenters. The molecule has 3 aliphatic heterocycles. The zero-order valence-electron chi connectivity index (χ0n) is 60.7. The molecular weight excluding hydrogens is 1220 g/mol. The first kappa shape index (κ1) is 41.5. The van der Waals surface area contributed by atoms with Crippen LogP contribution in [-0.4, -0.2) is 13.1 Å². The van der Waals surface area contributed by atoms with Crippen molar-refractivity contribution < 1.29 is 43.6 Å². The van der Waals surface area contributed by atoms with Crippen molar-refractivity contribution in [3.8, 4) is 56.0 Å². The van der Waals surface area contributed by atoms with Gasteiger partial charge in [-0.05, 0) is 116 Å². The molecule has 0 N–H and O–H groups in total. The first-order valence-electron chi connectivity index (χ1n) is 34.3. The van der Waals surface area contributed by atoms with E-state index in [1.165, 1.54) is 22.6 Å². The van der Waals surface area contributed by atoms with Gasteiger partial charge in [-0.25, -0.2) is 4.98 Å². The molecule has 4 heterocycles. The number of benzene rings is 10. The van der Waals surface area contributed by atoms with Gasteiger partial charge in [-0.3, -0.25) is 0 Å². The van der Waals surface area contributed by atoms with Crippen LogP contribution in [0.1, 0.15) is 87.2 Å². The van der Waals surface area contributed by atoms with Crippen LogP contribution in [0.2, 0.25) is 0 Å². The summed E-state index contributed by atoms with van der Waals surface area (Å²) in [6, 6.07) is 54.9. The van der Waals surface area contributed by atoms with Crippen molar-refractivity contribution in [2.24, 2.45) is 0 Å². The Hall–Kier alpha value is -8.54. The Bertz CT molecular complexity index is 4980. The van der Waals surface area contributed by atoms with Crippen LogP contribution < -0.4 is 40.2 Å². The van der Waals surface area contributed by atoms with E-state index in [0.717, 1.165) is 71.9 Å². The van der Waals surface area contributed by atoms with Gasteiger partial charge in [0.2, 0.25) is 0 Å². The van der Waals surface area contributed by atoms with Gasteiger partial charge in [0.1, 0.15) is 13.9 Å². The molecule has 10 aromatic carbocycles. The molecule has 1 spiro atoms. The largest absolute Gasteiger partial charge is 0.509 e. The van der Waals surface area contributed by atoms with Crippen LogP contribution in [0.5, 0.6) is 11.5 Å². The van der Waals surface area contributed by atoms with E-state index in [2.05, 4.69) is 134 Å². The molecule has 11 aromatic rings. The van der Waals surface area contributed by atoms with Gasteiger partial charge in [-0.15, -0.1) is 47.9 Å². The molecule has 3 aliphatic rings. The minimum Gasteiger partial charge on any atom is -0.509 e. The average molecular weight is 1300 g/mol. The van der Waals surface area contributed by atoms with Crippen LogP contribution in [0.15, 0.2) is 224 Å². The number of rotatable bonds is 8. The molecule has 416 valence electrons. The Balaban J connectivity index is 0.00000849. The van der Waals surface area contributed by atoms with Gasteiger partial charge in [-0.2, -0.15) is 12.1 Å². The first-order valence-corrected chi connectivity index (χ1v) is 29.8. The Morgan fingerprint density at radius 1 is 0.512 bits per heavy atom. The number of fused-ring (bicyclic) bond motifs is 10. The molecule has 0 saturated carbocycles. The molecule has 0 amide bonds. The van der Waals surface area contributed by atoms with E-state index in [0.29, 0.717) is 34.1 Å². The van der Waals surface area contributed by atoms with E-state index in [9.17, 15) is 2.74 Å². The van der Waals surface area contributed by atoms with Gasteiger partial charge < -0.3 is 19.4 Å². The summed E-state index contributed by atoms with van der Waals surface area (Å²) in [6.07, 6.45) is 1.29. The summed E-state index contributed by atoms with van der Waals surface area (Å²) in [4.78, 5) is 10.9. The summed E-state index contributed by atoms with van der Waals surface area (Å²) >= 11 is 0. The number of hydrogen-bond donors (Lipinski definition) is 0. The Labute approximate surface area is 529 Å². The van der Waals surface area contributed by atoms with Crippen LogP contribution in [0.3, 0.4) is 0 Å². The summed E-state index contributed by atoms with van der Waals surface area (Å²) in [6.45, 7) is 16.4. The fraction of sp³-hybridized carbons (Fsp3) is 0.143. The molecule has 0 radical (unpaired) electrons. The second kappa shape index (κ2) is 21.0. The number of hydrogen-bond acceptors (Lipinski definition) is 5. The smallest absolute Gasteiger partial charge is 0.135 e. The van der Waals surface area contributed by atoms with Crippen molar-refractivity contribution >= 4 is 68.8 Å². The predicted octanol–water partition coefficient (Wildman–Crippen LogP) is 17.5. The van der Waals surface area contributed by atoms with E-state index >= 15 is 0 Å². The van der Waals surface area contributed by atoms with Gasteiger partial charge in [0, 0.05) is 82.3 Å². The Morgan fingerprint density at radius 2 is 1.08 bits per heavy atom. The minimum atomic E-state index is -3.33. The number of anilines is 7. The van der Waals surface area contributed by atoms with Crippen molar-refractivity contribution in [1.82, 2.24) is 4.98 Å². The quantitative estimate of drug-likeness (QED) is 0.112. The summed E-state index contributed by atoms with van der Waals surface area (Å²) in [5, 5.41) is 4.32. The van der Waals surface area contributed by atoms with Crippen molar-refractivity contribution in [1.29, 1.82) is 0 Å². The van der Waals surface area contributed by atoms with Gasteiger partial charge in [0.05, 0.1) is 13.7 Å². The average Bonchev–Trinajstić information content (AvgIpc) is 1.58. The second-order valence-electron chi connectivity index (χ2n) is 23.7. The fourth-order valence-electron chi connectivity index (χ4n) is 12.3. The van der Waals surface area contributed by atoms with Gasteiger partial charge in [0.25, 0.3) is 0 Å². The molecule has 0 saturated heterocycles. The fourth-order valence-corrected chi connectivity index (χ4v) is 17.9. The maximum atomic E-state index is 9.35. The molecule has 0 bridgehead atoms. The summed E-state index contributed by atoms with van der Waals surface area (Å²) in [5.41, 5.74) is 11.6. The van der Waals surface area contributed by atoms with Gasteiger partial charge in [-0.1, -0.05) is 222 Å². The van der Waals surface area contributed by atoms with E-state index in [1.54, 1.807) is 6.07 Å². The SMILES string of the molecule is [2H]c1c([2H])c([2H])c(-c2cnc(N3c4[c-]c(Oc5[c-]c(N6[CH-]N(c7c(-c8cc(C(C)(C)C)cc(C(C)(C)C)c8)cccc7-c7c([2H])c([2H])c([2H])c([2H])c7[2H])c7ccccc76)ccc5)ccc4[Si]4(c5cc(C)ccc5-c5ccc(C)cc54)c4ccccc43)cc2C([2H])([2H])[2H])c([2H])c1[2H].[Pt]. The van der Waals surface area contributed by atoms with Gasteiger partial charge >= 0.3 is 0 Å². The number of nitrogens with zero attached hydrogens (tertiary/aromatic N) is 4. The molecule has 0 aliphatic carbocycles. The van der Waals surface area contributed by atoms with E-state index in [-0.39, 0.29) is 72.1 Å². The molecule has 14 rings (SSSR count). The Kier molecular flexibility index (Phi) is 10.3. The number of pyridine rings is 1. The number of aromatic nitrogens is 1. The molecule has 0 fully saturated rings. The minimum absolute atomic E-state index is 0. The van der Waals surface area contributed by atoms with Crippen molar-refractivity contribution in [2.45, 2.75) is 73.1 Å². The maximum Gasteiger partial charge on any atom is 0.135 e. The third-order valence-electron chi connectivity index (χ3n) is 16.3. The monoisotopic (exact) mass is 1300 g/mol. The Morgan fingerprint density at radius 3 is 1.71 bits per heavy atom. The van der Waals surface area contributed by atoms with Crippen LogP contribution in [-0.2, 0) is 31.9 Å². The van der Waals surface area contributed by atoms with Crippen LogP contribution in [0, 0.1) is 39.5 Å². The summed E-state index contributed by atoms with van der Waals surface area (Å²) < 4.78 is 122. The number of aryl methyl sites for hydroxylation is 3. The van der Waals surface area contributed by atoms with E-state index in [1.807, 2.05) is 100 Å². The molecule has 5 nitrogen and oxygen atoms in total. The van der Waals surface area contributed by atoms with Crippen molar-refractivity contribution in [2.75, 3.05) is 14.7 Å². The standard InChI is InChI=1S/C77H65N4OSi.Pt/c1-50-34-37-63-64-38-35-51(2)41-73(64)83(72(63)40-50)70-33-19-18-32-68(70)81(74-42-52(3)65(48-78-74)54-24-14-11-15-25-54)69-47-60(36-39-71(69)83)82-59-27-20-26-58(46-59)79-49-80(67-31-17-16-30-66(67)79)75-61(53-22-12-10-13-23-53)28-21-29-62(75)55-43-56(76(4,5)6)45-57(44-55)77(7,8)9;/h10-45,48-49H,1-9H3;/q-3;/i3D3,10D,11D,12D,13D,14D,15D,22D,23D,24D,25D;. The van der Waals surface area contributed by atoms with Crippen molar-refractivity contribution in [3.05, 3.63) is 271 Å². The second-order valence-corrected chi connectivity index (χ2v) is 27.4. The van der Waals surface area contributed by atoms with Crippen LogP contribution >= 0.6 is 0 Å². The van der Waals surface area contributed by atoms with Crippen LogP contribution in [0.25, 0.3) is 44.5 Å². The van der Waals surface area contributed by atoms with Crippen molar-refractivity contribution in [3.63, 3.8) is 0 Å². The number of ether oxygens (including phenoxy) is 1. The number of para-hydroxylation sites is 4. The zero-order valence-corrected chi connectivity index (χ0v) is 51.0. The van der Waals surface area contributed by atoms with E-state index in [4.69, 9.17) is 24.8 Å². The summed E-state index contributed by atoms with van der Waals surface area (Å²) in [7, 11) is -3.33.